The number of carbonyl (C=O) groups excluding carboxylic acids is 1. The zero-order valence-corrected chi connectivity index (χ0v) is 5.53. The molecule has 0 radical (unpaired) electrons. The summed E-state index contributed by atoms with van der Waals surface area (Å²) in [5.41, 5.74) is 0. The Balaban J connectivity index is 0. The fourth-order valence-electron chi connectivity index (χ4n) is 0.441. The Bertz CT molecular complexity index is 75.5. The molecule has 0 heterocycles. The van der Waals surface area contributed by atoms with E-state index in [-0.39, 0.29) is 7.33 Å². The molecular weight excluding hydrogens is 102 g/mol. The van der Waals surface area contributed by atoms with Crippen LogP contribution in [0.25, 0.3) is 0 Å². The van der Waals surface area contributed by atoms with Gasteiger partial charge in [0.25, 0.3) is 0 Å². The van der Waals surface area contributed by atoms with Gasteiger partial charge in [-0.3, -0.25) is 4.79 Å². The first-order chi connectivity index (χ1) is 3.77. The lowest BCUT2D eigenvalue weighted by molar-refractivity contribution is -0.118. The van der Waals surface area contributed by atoms with Gasteiger partial charge in [-0.25, -0.2) is 0 Å². The van der Waals surface area contributed by atoms with E-state index in [1.807, 2.05) is 0 Å². The van der Waals surface area contributed by atoms with Gasteiger partial charge in [0.2, 0.25) is 5.91 Å². The van der Waals surface area contributed by atoms with E-state index >= 15 is 0 Å². The van der Waals surface area contributed by atoms with Crippen molar-refractivity contribution in [2.45, 2.75) is 26.7 Å². The lowest BCUT2D eigenvalue weighted by atomic mass is 10.3. The van der Waals surface area contributed by atoms with Crippen LogP contribution < -0.4 is 5.32 Å². The van der Waals surface area contributed by atoms with E-state index in [9.17, 15) is 4.79 Å². The molecule has 0 aliphatic rings. The van der Waals surface area contributed by atoms with Crippen LogP contribution >= 0.6 is 0 Å². The summed E-state index contributed by atoms with van der Waals surface area (Å²) in [6.45, 7) is 4.46. The predicted molar refractivity (Wildman–Crippen MR) is 35.7 cm³/mol. The van der Waals surface area contributed by atoms with E-state index in [1.165, 1.54) is 6.92 Å². The van der Waals surface area contributed by atoms with Crippen molar-refractivity contribution in [2.75, 3.05) is 6.54 Å². The highest BCUT2D eigenvalue weighted by atomic mass is 16.1. The highest BCUT2D eigenvalue weighted by Crippen LogP contribution is 1.80. The van der Waals surface area contributed by atoms with Gasteiger partial charge in [0, 0.05) is 14.9 Å². The second kappa shape index (κ2) is 4.62. The third-order valence-electron chi connectivity index (χ3n) is 0.904. The molecule has 0 saturated heterocycles. The molecule has 0 unspecified atom stereocenters. The lowest BCUT2D eigenvalue weighted by Gasteiger charge is -1.96. The Hall–Kier alpha value is -0.530. The Morgan fingerprint density at radius 1 is 1.75 bits per heavy atom. The molecule has 2 nitrogen and oxygen atoms in total. The van der Waals surface area contributed by atoms with Crippen LogP contribution in [0.3, 0.4) is 0 Å². The van der Waals surface area contributed by atoms with Crippen LogP contribution in [0.1, 0.15) is 28.1 Å². The summed E-state index contributed by atoms with van der Waals surface area (Å²) < 4.78 is 0. The molecule has 2 heteroatoms. The van der Waals surface area contributed by atoms with E-state index in [0.717, 1.165) is 19.4 Å². The van der Waals surface area contributed by atoms with Gasteiger partial charge >= 0.3 is 0 Å². The Morgan fingerprint density at radius 3 is 2.75 bits per heavy atom. The first-order valence-corrected chi connectivity index (χ1v) is 3.01. The van der Waals surface area contributed by atoms with Crippen LogP contribution in [0.15, 0.2) is 0 Å². The number of unbranched alkanes of at least 4 members (excludes halogenated alkanes) is 1. The molecule has 1 amide bonds. The van der Waals surface area contributed by atoms with Crippen molar-refractivity contribution in [1.82, 2.24) is 5.32 Å². The van der Waals surface area contributed by atoms with Crippen molar-refractivity contribution in [1.29, 1.82) is 0 Å². The summed E-state index contributed by atoms with van der Waals surface area (Å²) in [4.78, 5) is 10.2. The Labute approximate surface area is 51.8 Å². The minimum absolute atomic E-state index is 0. The van der Waals surface area contributed by atoms with E-state index < -0.39 is 0 Å². The van der Waals surface area contributed by atoms with Crippen molar-refractivity contribution in [3.8, 4) is 0 Å². The number of nitrogens with one attached hydrogen (secondary N) is 1. The fourth-order valence-corrected chi connectivity index (χ4v) is 0.441. The smallest absolute Gasteiger partial charge is 0.216 e. The van der Waals surface area contributed by atoms with Crippen molar-refractivity contribution in [2.24, 2.45) is 0 Å². The maximum Gasteiger partial charge on any atom is 0.216 e. The molecule has 0 aromatic heterocycles. The molecule has 0 atom stereocenters. The van der Waals surface area contributed by atoms with Gasteiger partial charge in [-0.15, -0.1) is 0 Å². The van der Waals surface area contributed by atoms with E-state index in [2.05, 4.69) is 12.2 Å². The molecule has 50 valence electrons. The third kappa shape index (κ3) is 5.47. The van der Waals surface area contributed by atoms with Crippen molar-refractivity contribution >= 4 is 5.91 Å². The van der Waals surface area contributed by atoms with Crippen LogP contribution in [0, 0.1) is 0 Å². The van der Waals surface area contributed by atoms with Crippen molar-refractivity contribution in [3.63, 3.8) is 0 Å². The Morgan fingerprint density at radius 2 is 2.38 bits per heavy atom. The minimum atomic E-state index is 0. The van der Waals surface area contributed by atoms with Crippen molar-refractivity contribution < 1.29 is 6.22 Å². The largest absolute Gasteiger partial charge is 0.356 e. The van der Waals surface area contributed by atoms with Crippen LogP contribution in [0.5, 0.6) is 0 Å². The Kier molecular flexibility index (Phi) is 4.32. The van der Waals surface area contributed by atoms with E-state index in [1.54, 1.807) is 0 Å². The number of hydrogen-bond donors (Lipinski definition) is 1. The average Bonchev–Trinajstić information content (AvgIpc) is 1.66. The molecule has 0 bridgehead atoms. The van der Waals surface area contributed by atoms with Gasteiger partial charge < -0.3 is 5.32 Å². The normalized spacial score (nSPS) is 8.75. The average molecular weight is 117 g/mol. The highest BCUT2D eigenvalue weighted by molar-refractivity contribution is 5.72. The topological polar surface area (TPSA) is 29.1 Å². The lowest BCUT2D eigenvalue weighted by Crippen LogP contribution is -2.20. The summed E-state index contributed by atoms with van der Waals surface area (Å²) >= 11 is 0. The second-order valence-corrected chi connectivity index (χ2v) is 1.84. The molecule has 1 N–H and O–H groups in total. The quantitative estimate of drug-likeness (QED) is 0.552. The van der Waals surface area contributed by atoms with Gasteiger partial charge in [0.1, 0.15) is 0 Å². The molecule has 0 aliphatic carbocycles. The van der Waals surface area contributed by atoms with Gasteiger partial charge in [0.15, 0.2) is 0 Å². The summed E-state index contributed by atoms with van der Waals surface area (Å²) in [6, 6.07) is 0. The van der Waals surface area contributed by atoms with E-state index in [4.69, 9.17) is 0 Å². The van der Waals surface area contributed by atoms with Crippen molar-refractivity contribution in [3.05, 3.63) is 0 Å². The maximum atomic E-state index is 10.2. The van der Waals surface area contributed by atoms with Gasteiger partial charge in [-0.05, 0) is 6.42 Å². The van der Waals surface area contributed by atoms with Gasteiger partial charge in [0.05, 0.1) is 0 Å². The molecule has 0 saturated carbocycles. The highest BCUT2D eigenvalue weighted by Gasteiger charge is 1.85. The zero-order chi connectivity index (χ0) is 6.41. The minimum Gasteiger partial charge on any atom is -0.356 e. The zero-order valence-electron chi connectivity index (χ0n) is 5.53. The van der Waals surface area contributed by atoms with Gasteiger partial charge in [-0.1, -0.05) is 13.3 Å². The summed E-state index contributed by atoms with van der Waals surface area (Å²) in [6.07, 6.45) is 2.22. The van der Waals surface area contributed by atoms with E-state index in [0.29, 0.717) is 0 Å². The standard InChI is InChI=1S/C6H13NO.H2/c1-3-4-5-7-6(2)8;/h3-5H2,1-2H3,(H,7,8);1H. The number of amides is 1. The molecule has 0 rings (SSSR count). The summed E-state index contributed by atoms with van der Waals surface area (Å²) in [5.74, 6) is 0.0680. The van der Waals surface area contributed by atoms with Crippen LogP contribution in [0.4, 0.5) is 0 Å². The monoisotopic (exact) mass is 117 g/mol. The molecular formula is C6H15NO. The SMILES string of the molecule is CCCCNC(C)=O.[HH]. The predicted octanol–water partition coefficient (Wildman–Crippen LogP) is 1.17. The molecule has 8 heavy (non-hydrogen) atoms. The maximum absolute atomic E-state index is 10.2. The molecule has 0 spiro atoms. The number of carbonyl (C=O) groups is 1. The first kappa shape index (κ1) is 7.47. The third-order valence-corrected chi connectivity index (χ3v) is 0.904. The van der Waals surface area contributed by atoms with Gasteiger partial charge in [-0.2, -0.15) is 0 Å². The van der Waals surface area contributed by atoms with Crippen LogP contribution in [-0.4, -0.2) is 12.5 Å². The number of hydrogen-bond acceptors (Lipinski definition) is 1. The first-order valence-electron chi connectivity index (χ1n) is 3.01. The molecule has 0 fully saturated rings. The second-order valence-electron chi connectivity index (χ2n) is 1.84. The van der Waals surface area contributed by atoms with Crippen LogP contribution in [0.2, 0.25) is 0 Å². The summed E-state index contributed by atoms with van der Waals surface area (Å²) in [5, 5.41) is 2.71. The van der Waals surface area contributed by atoms with Crippen LogP contribution in [-0.2, 0) is 4.79 Å². The molecule has 0 aromatic carbocycles. The fraction of sp³-hybridized carbons (Fsp3) is 0.833. The molecule has 0 aromatic rings. The summed E-state index contributed by atoms with van der Waals surface area (Å²) in [7, 11) is 0. The molecule has 0 aliphatic heterocycles. The number of rotatable bonds is 3.